The Bertz CT molecular complexity index is 982. The SMILES string of the molecule is CCc1cccn1Cc1ccc(-c2ccccc2-c2cccnc2)cc1. The lowest BCUT2D eigenvalue weighted by molar-refractivity contribution is 0.751. The number of nitrogens with zero attached hydrogens (tertiary/aromatic N) is 2. The van der Waals surface area contributed by atoms with Crippen LogP contribution in [0.2, 0.25) is 0 Å². The maximum Gasteiger partial charge on any atom is 0.0472 e. The Morgan fingerprint density at radius 1 is 0.769 bits per heavy atom. The average Bonchev–Trinajstić information content (AvgIpc) is 3.16. The van der Waals surface area contributed by atoms with Gasteiger partial charge in [0.15, 0.2) is 0 Å². The summed E-state index contributed by atoms with van der Waals surface area (Å²) in [5.41, 5.74) is 7.52. The highest BCUT2D eigenvalue weighted by molar-refractivity contribution is 5.83. The summed E-state index contributed by atoms with van der Waals surface area (Å²) in [4.78, 5) is 4.27. The minimum absolute atomic E-state index is 0.917. The van der Waals surface area contributed by atoms with E-state index in [1.807, 2.05) is 18.5 Å². The Kier molecular flexibility index (Phi) is 4.65. The summed E-state index contributed by atoms with van der Waals surface area (Å²) < 4.78 is 2.32. The minimum atomic E-state index is 0.917. The molecule has 2 aromatic carbocycles. The molecule has 0 aliphatic carbocycles. The zero-order valence-corrected chi connectivity index (χ0v) is 15.0. The molecule has 0 spiro atoms. The van der Waals surface area contributed by atoms with Crippen molar-refractivity contribution < 1.29 is 0 Å². The smallest absolute Gasteiger partial charge is 0.0472 e. The summed E-state index contributed by atoms with van der Waals surface area (Å²) in [7, 11) is 0. The van der Waals surface area contributed by atoms with Crippen LogP contribution in [-0.2, 0) is 13.0 Å². The quantitative estimate of drug-likeness (QED) is 0.448. The van der Waals surface area contributed by atoms with Gasteiger partial charge in [0.05, 0.1) is 0 Å². The number of rotatable bonds is 5. The van der Waals surface area contributed by atoms with E-state index in [9.17, 15) is 0 Å². The van der Waals surface area contributed by atoms with Crippen LogP contribution in [0.3, 0.4) is 0 Å². The van der Waals surface area contributed by atoms with Crippen molar-refractivity contribution in [2.45, 2.75) is 19.9 Å². The number of benzene rings is 2. The topological polar surface area (TPSA) is 17.8 Å². The molecule has 0 fully saturated rings. The summed E-state index contributed by atoms with van der Waals surface area (Å²) in [6, 6.07) is 25.8. The van der Waals surface area contributed by atoms with Crippen LogP contribution in [0.15, 0.2) is 91.4 Å². The van der Waals surface area contributed by atoms with Crippen molar-refractivity contribution in [3.8, 4) is 22.3 Å². The molecule has 2 aromatic heterocycles. The number of pyridine rings is 1. The highest BCUT2D eigenvalue weighted by Crippen LogP contribution is 2.31. The number of hydrogen-bond acceptors (Lipinski definition) is 1. The highest BCUT2D eigenvalue weighted by Gasteiger charge is 2.07. The normalized spacial score (nSPS) is 10.8. The molecule has 0 bridgehead atoms. The van der Waals surface area contributed by atoms with Crippen LogP contribution in [0.1, 0.15) is 18.2 Å². The van der Waals surface area contributed by atoms with Gasteiger partial charge in [-0.1, -0.05) is 61.5 Å². The maximum absolute atomic E-state index is 4.27. The fraction of sp³-hybridized carbons (Fsp3) is 0.125. The molecule has 2 nitrogen and oxygen atoms in total. The van der Waals surface area contributed by atoms with Crippen LogP contribution in [0, 0.1) is 0 Å². The molecule has 4 aromatic rings. The van der Waals surface area contributed by atoms with Crippen LogP contribution < -0.4 is 0 Å². The zero-order valence-electron chi connectivity index (χ0n) is 15.0. The number of aryl methyl sites for hydroxylation is 1. The van der Waals surface area contributed by atoms with Gasteiger partial charge in [-0.05, 0) is 46.9 Å². The molecule has 2 heteroatoms. The molecule has 4 rings (SSSR count). The molecule has 0 amide bonds. The molecule has 0 aliphatic rings. The van der Waals surface area contributed by atoms with E-state index in [1.165, 1.54) is 27.9 Å². The molecule has 26 heavy (non-hydrogen) atoms. The first-order valence-electron chi connectivity index (χ1n) is 9.08. The Balaban J connectivity index is 1.64. The van der Waals surface area contributed by atoms with Crippen LogP contribution >= 0.6 is 0 Å². The summed E-state index contributed by atoms with van der Waals surface area (Å²) in [5, 5.41) is 0. The summed E-state index contributed by atoms with van der Waals surface area (Å²) in [5.74, 6) is 0. The number of aromatic nitrogens is 2. The van der Waals surface area contributed by atoms with Crippen LogP contribution in [-0.4, -0.2) is 9.55 Å². The summed E-state index contributed by atoms with van der Waals surface area (Å²) in [6.07, 6.45) is 6.95. The monoisotopic (exact) mass is 338 g/mol. The van der Waals surface area contributed by atoms with Gasteiger partial charge in [-0.3, -0.25) is 4.98 Å². The highest BCUT2D eigenvalue weighted by atomic mass is 15.0. The lowest BCUT2D eigenvalue weighted by atomic mass is 9.95. The van der Waals surface area contributed by atoms with Gasteiger partial charge in [0.25, 0.3) is 0 Å². The largest absolute Gasteiger partial charge is 0.347 e. The molecular formula is C24H22N2. The maximum atomic E-state index is 4.27. The van der Waals surface area contributed by atoms with E-state index in [0.717, 1.165) is 18.5 Å². The molecular weight excluding hydrogens is 316 g/mol. The lowest BCUT2D eigenvalue weighted by Crippen LogP contribution is -2.02. The van der Waals surface area contributed by atoms with E-state index in [2.05, 4.69) is 89.4 Å². The Hall–Kier alpha value is -3.13. The van der Waals surface area contributed by atoms with Crippen molar-refractivity contribution in [2.24, 2.45) is 0 Å². The van der Waals surface area contributed by atoms with Gasteiger partial charge >= 0.3 is 0 Å². The Labute approximate surface area is 154 Å². The summed E-state index contributed by atoms with van der Waals surface area (Å²) in [6.45, 7) is 3.12. The van der Waals surface area contributed by atoms with Gasteiger partial charge in [0.1, 0.15) is 0 Å². The van der Waals surface area contributed by atoms with Crippen LogP contribution in [0.4, 0.5) is 0 Å². The summed E-state index contributed by atoms with van der Waals surface area (Å²) >= 11 is 0. The third-order valence-corrected chi connectivity index (χ3v) is 4.80. The van der Waals surface area contributed by atoms with Crippen LogP contribution in [0.25, 0.3) is 22.3 Å². The van der Waals surface area contributed by atoms with Gasteiger partial charge in [-0.2, -0.15) is 0 Å². The molecule has 0 aliphatic heterocycles. The second-order valence-corrected chi connectivity index (χ2v) is 6.47. The molecule has 2 heterocycles. The van der Waals surface area contributed by atoms with Crippen molar-refractivity contribution in [1.82, 2.24) is 9.55 Å². The van der Waals surface area contributed by atoms with Gasteiger partial charge in [-0.15, -0.1) is 0 Å². The molecule has 0 saturated carbocycles. The van der Waals surface area contributed by atoms with E-state index in [4.69, 9.17) is 0 Å². The van der Waals surface area contributed by atoms with Gasteiger partial charge in [-0.25, -0.2) is 0 Å². The first-order valence-corrected chi connectivity index (χ1v) is 9.08. The fourth-order valence-electron chi connectivity index (χ4n) is 3.42. The van der Waals surface area contributed by atoms with Gasteiger partial charge < -0.3 is 4.57 Å². The van der Waals surface area contributed by atoms with Gasteiger partial charge in [0.2, 0.25) is 0 Å². The second-order valence-electron chi connectivity index (χ2n) is 6.47. The lowest BCUT2D eigenvalue weighted by Gasteiger charge is -2.12. The molecule has 0 N–H and O–H groups in total. The van der Waals surface area contributed by atoms with E-state index in [1.54, 1.807) is 0 Å². The third kappa shape index (κ3) is 3.31. The van der Waals surface area contributed by atoms with E-state index < -0.39 is 0 Å². The number of hydrogen-bond donors (Lipinski definition) is 0. The second kappa shape index (κ2) is 7.40. The predicted octanol–water partition coefficient (Wildman–Crippen LogP) is 5.83. The van der Waals surface area contributed by atoms with Gasteiger partial charge in [0, 0.05) is 36.4 Å². The first-order chi connectivity index (χ1) is 12.8. The molecule has 0 saturated heterocycles. The minimum Gasteiger partial charge on any atom is -0.347 e. The Morgan fingerprint density at radius 2 is 1.54 bits per heavy atom. The Morgan fingerprint density at radius 3 is 2.23 bits per heavy atom. The van der Waals surface area contributed by atoms with Crippen molar-refractivity contribution in [2.75, 3.05) is 0 Å². The standard InChI is InChI=1S/C24H22N2/c1-2-22-8-6-16-26(22)18-19-11-13-20(14-12-19)23-9-3-4-10-24(23)21-7-5-15-25-17-21/h3-17H,2,18H2,1H3. The zero-order chi connectivity index (χ0) is 17.8. The van der Waals surface area contributed by atoms with Crippen molar-refractivity contribution >= 4 is 0 Å². The predicted molar refractivity (Wildman–Crippen MR) is 108 cm³/mol. The van der Waals surface area contributed by atoms with Crippen LogP contribution in [0.5, 0.6) is 0 Å². The molecule has 0 radical (unpaired) electrons. The van der Waals surface area contributed by atoms with Crippen molar-refractivity contribution in [3.05, 3.63) is 103 Å². The van der Waals surface area contributed by atoms with E-state index in [0.29, 0.717) is 0 Å². The molecule has 0 unspecified atom stereocenters. The van der Waals surface area contributed by atoms with E-state index >= 15 is 0 Å². The third-order valence-electron chi connectivity index (χ3n) is 4.80. The first kappa shape index (κ1) is 16.3. The van der Waals surface area contributed by atoms with Crippen molar-refractivity contribution in [3.63, 3.8) is 0 Å². The molecule has 0 atom stereocenters. The van der Waals surface area contributed by atoms with E-state index in [-0.39, 0.29) is 0 Å². The molecule has 128 valence electrons. The fourth-order valence-corrected chi connectivity index (χ4v) is 3.42. The average molecular weight is 338 g/mol. The van der Waals surface area contributed by atoms with Crippen molar-refractivity contribution in [1.29, 1.82) is 0 Å².